The predicted octanol–water partition coefficient (Wildman–Crippen LogP) is 1.38. The normalized spacial score (nSPS) is 14.2. The van der Waals surface area contributed by atoms with Crippen LogP contribution >= 0.6 is 24.2 Å². The Hall–Kier alpha value is -2.35. The summed E-state index contributed by atoms with van der Waals surface area (Å²) in [5.41, 5.74) is -1.83. The van der Waals surface area contributed by atoms with Gasteiger partial charge in [-0.3, -0.25) is 9.67 Å². The number of benzene rings is 1. The molecular weight excluding hydrogens is 437 g/mol. The smallest absolute Gasteiger partial charge is 0.382 e. The van der Waals surface area contributed by atoms with Gasteiger partial charge in [0.15, 0.2) is 23.2 Å². The van der Waals surface area contributed by atoms with Crippen molar-refractivity contribution in [1.82, 2.24) is 29.5 Å². The van der Waals surface area contributed by atoms with Crippen LogP contribution in [0.1, 0.15) is 17.1 Å². The van der Waals surface area contributed by atoms with E-state index in [0.29, 0.717) is 15.2 Å². The Morgan fingerprint density at radius 2 is 1.90 bits per heavy atom. The Balaban J connectivity index is 2.02. The highest BCUT2D eigenvalue weighted by Crippen LogP contribution is 2.24. The molecule has 1 unspecified atom stereocenters. The monoisotopic (exact) mass is 450 g/mol. The van der Waals surface area contributed by atoms with Crippen LogP contribution in [0.25, 0.3) is 11.4 Å². The molecule has 0 amide bonds. The zero-order chi connectivity index (χ0) is 21.3. The van der Waals surface area contributed by atoms with Gasteiger partial charge in [0.2, 0.25) is 0 Å². The summed E-state index contributed by atoms with van der Waals surface area (Å²) < 4.78 is 40.0. The third-order valence-corrected chi connectivity index (χ3v) is 4.32. The molecule has 1 aromatic carbocycles. The summed E-state index contributed by atoms with van der Waals surface area (Å²) in [5.74, 6) is -0.0101. The van der Waals surface area contributed by atoms with Gasteiger partial charge in [-0.25, -0.2) is 14.5 Å². The molecule has 2 heterocycles. The van der Waals surface area contributed by atoms with Crippen molar-refractivity contribution >= 4 is 24.2 Å². The van der Waals surface area contributed by atoms with Crippen LogP contribution in [-0.4, -0.2) is 52.0 Å². The molecule has 2 aromatic heterocycles. The molecule has 0 aliphatic carbocycles. The first-order valence-electron chi connectivity index (χ1n) is 8.02. The molecule has 29 heavy (non-hydrogen) atoms. The summed E-state index contributed by atoms with van der Waals surface area (Å²) in [6.45, 7) is -1.31. The van der Waals surface area contributed by atoms with Gasteiger partial charge < -0.3 is 10.2 Å². The molecule has 0 aliphatic rings. The number of H-pyrrole nitrogens is 1. The molecule has 0 fully saturated rings. The largest absolute Gasteiger partial charge is 0.416 e. The number of hydrogen-bond acceptors (Lipinski definition) is 7. The van der Waals surface area contributed by atoms with Crippen molar-refractivity contribution in [3.8, 4) is 11.4 Å². The Morgan fingerprint density at radius 1 is 1.24 bits per heavy atom. The lowest BCUT2D eigenvalue weighted by molar-refractivity contribution is -0.207. The number of aromatic nitrogens is 6. The number of rotatable bonds is 6. The lowest BCUT2D eigenvalue weighted by atomic mass is 10.2. The molecule has 3 aromatic rings. The number of aliphatic hydroxyl groups excluding tert-OH is 2. The van der Waals surface area contributed by atoms with Crippen LogP contribution in [0, 0.1) is 0 Å². The van der Waals surface area contributed by atoms with E-state index in [9.17, 15) is 28.2 Å². The number of hydrogen-bond donors (Lipinski definition) is 4. The molecule has 0 aliphatic heterocycles. The van der Waals surface area contributed by atoms with Gasteiger partial charge in [-0.1, -0.05) is 11.6 Å². The lowest BCUT2D eigenvalue weighted by Gasteiger charge is -2.15. The summed E-state index contributed by atoms with van der Waals surface area (Å²) in [5, 5.41) is 29.4. The van der Waals surface area contributed by atoms with Crippen molar-refractivity contribution in [2.24, 2.45) is 0 Å². The van der Waals surface area contributed by atoms with E-state index in [2.05, 4.69) is 32.9 Å². The summed E-state index contributed by atoms with van der Waals surface area (Å²) in [6.07, 6.45) is -7.68. The van der Waals surface area contributed by atoms with Crippen molar-refractivity contribution in [2.75, 3.05) is 0 Å². The number of alkyl halides is 3. The molecule has 0 saturated carbocycles. The van der Waals surface area contributed by atoms with E-state index in [1.165, 1.54) is 24.3 Å². The Labute approximate surface area is 171 Å². The summed E-state index contributed by atoms with van der Waals surface area (Å²) >= 11 is 9.59. The number of nitrogens with zero attached hydrogens (tertiary/aromatic N) is 5. The van der Waals surface area contributed by atoms with Gasteiger partial charge in [-0.2, -0.15) is 18.3 Å². The molecule has 2 atom stereocenters. The fourth-order valence-corrected chi connectivity index (χ4v) is 2.68. The highest BCUT2D eigenvalue weighted by molar-refractivity contribution is 7.80. The second-order valence-electron chi connectivity index (χ2n) is 5.95. The van der Waals surface area contributed by atoms with Crippen LogP contribution in [0.2, 0.25) is 5.02 Å². The highest BCUT2D eigenvalue weighted by Gasteiger charge is 2.39. The van der Waals surface area contributed by atoms with Gasteiger partial charge in [0.1, 0.15) is 12.4 Å². The average Bonchev–Trinajstić information content (AvgIpc) is 3.22. The Morgan fingerprint density at radius 3 is 2.45 bits per heavy atom. The SMILES string of the molecule is O=c1n(Cc2nc(C(O)S)n[nH]2)nc(-c2ccc(Cl)cc2)n1C[C@H](O)C(F)(F)F. The first-order chi connectivity index (χ1) is 13.6. The van der Waals surface area contributed by atoms with Gasteiger partial charge in [-0.15, -0.1) is 17.7 Å². The quantitative estimate of drug-likeness (QED) is 0.332. The summed E-state index contributed by atoms with van der Waals surface area (Å²) in [6, 6.07) is 5.94. The van der Waals surface area contributed by atoms with Gasteiger partial charge in [0.05, 0.1) is 6.54 Å². The average molecular weight is 451 g/mol. The van der Waals surface area contributed by atoms with E-state index in [4.69, 9.17) is 11.6 Å². The molecule has 9 nitrogen and oxygen atoms in total. The number of halogens is 4. The van der Waals surface area contributed by atoms with Crippen molar-refractivity contribution < 1.29 is 23.4 Å². The van der Waals surface area contributed by atoms with Crippen molar-refractivity contribution in [1.29, 1.82) is 0 Å². The van der Waals surface area contributed by atoms with Crippen LogP contribution in [0.15, 0.2) is 29.1 Å². The fraction of sp³-hybridized carbons (Fsp3) is 0.333. The number of nitrogens with one attached hydrogen (secondary N) is 1. The minimum Gasteiger partial charge on any atom is -0.382 e. The van der Waals surface area contributed by atoms with Crippen molar-refractivity contribution in [2.45, 2.75) is 30.8 Å². The number of aromatic amines is 1. The second-order valence-corrected chi connectivity index (χ2v) is 6.88. The lowest BCUT2D eigenvalue weighted by Crippen LogP contribution is -2.37. The third-order valence-electron chi connectivity index (χ3n) is 3.84. The second kappa shape index (κ2) is 8.18. The molecule has 156 valence electrons. The van der Waals surface area contributed by atoms with Gasteiger partial charge >= 0.3 is 11.9 Å². The summed E-state index contributed by atoms with van der Waals surface area (Å²) in [4.78, 5) is 16.6. The van der Waals surface area contributed by atoms with E-state index < -0.39 is 30.0 Å². The molecule has 0 saturated heterocycles. The predicted molar refractivity (Wildman–Crippen MR) is 98.4 cm³/mol. The first kappa shape index (κ1) is 21.4. The molecule has 0 bridgehead atoms. The Kier molecular flexibility index (Phi) is 6.03. The standard InChI is InChI=1S/C15H14ClF3N6O3S/c16-8-3-1-7(2-4-8)12-23-25(6-10-20-11(13(27)29)22-21-10)14(28)24(12)5-9(26)15(17,18)19/h1-4,9,13,26-27,29H,5-6H2,(H,20,21,22)/t9-,13?/m0/s1. The van der Waals surface area contributed by atoms with Crippen LogP contribution in [0.3, 0.4) is 0 Å². The minimum absolute atomic E-state index is 0.0405. The van der Waals surface area contributed by atoms with E-state index in [-0.39, 0.29) is 24.0 Å². The third kappa shape index (κ3) is 4.80. The maximum atomic E-state index is 12.8. The summed E-state index contributed by atoms with van der Waals surface area (Å²) in [7, 11) is 0. The number of thiol groups is 1. The van der Waals surface area contributed by atoms with Crippen LogP contribution in [-0.2, 0) is 13.1 Å². The maximum absolute atomic E-state index is 12.8. The fourth-order valence-electron chi connectivity index (χ4n) is 2.44. The molecule has 3 N–H and O–H groups in total. The van der Waals surface area contributed by atoms with E-state index in [1.54, 1.807) is 0 Å². The molecule has 0 radical (unpaired) electrons. The van der Waals surface area contributed by atoms with Crippen LogP contribution in [0.4, 0.5) is 13.2 Å². The van der Waals surface area contributed by atoms with E-state index >= 15 is 0 Å². The zero-order valence-electron chi connectivity index (χ0n) is 14.4. The first-order valence-corrected chi connectivity index (χ1v) is 8.91. The van der Waals surface area contributed by atoms with Gasteiger partial charge in [0, 0.05) is 10.6 Å². The van der Waals surface area contributed by atoms with E-state index in [0.717, 1.165) is 4.68 Å². The molecule has 14 heteroatoms. The topological polar surface area (TPSA) is 122 Å². The molecular formula is C15H14ClF3N6O3S. The van der Waals surface area contributed by atoms with Crippen LogP contribution < -0.4 is 5.69 Å². The van der Waals surface area contributed by atoms with Gasteiger partial charge in [-0.05, 0) is 24.3 Å². The number of aliphatic hydroxyl groups is 2. The van der Waals surface area contributed by atoms with Gasteiger partial charge in [0.25, 0.3) is 0 Å². The van der Waals surface area contributed by atoms with Crippen molar-refractivity contribution in [3.05, 3.63) is 51.4 Å². The minimum atomic E-state index is -4.92. The van der Waals surface area contributed by atoms with E-state index in [1.807, 2.05) is 0 Å². The molecule has 3 rings (SSSR count). The highest BCUT2D eigenvalue weighted by atomic mass is 35.5. The molecule has 0 spiro atoms. The Bertz CT molecular complexity index is 1050. The van der Waals surface area contributed by atoms with Crippen LogP contribution in [0.5, 0.6) is 0 Å². The maximum Gasteiger partial charge on any atom is 0.416 e. The zero-order valence-corrected chi connectivity index (χ0v) is 16.0. The van der Waals surface area contributed by atoms with Crippen molar-refractivity contribution in [3.63, 3.8) is 0 Å².